The zero-order valence-corrected chi connectivity index (χ0v) is 18.2. The minimum absolute atomic E-state index is 0.319. The Morgan fingerprint density at radius 1 is 1.00 bits per heavy atom. The lowest BCUT2D eigenvalue weighted by Gasteiger charge is -2.30. The Morgan fingerprint density at radius 3 is 2.34 bits per heavy atom. The molecule has 2 aliphatic rings. The van der Waals surface area contributed by atoms with Crippen LogP contribution in [0, 0.1) is 5.92 Å². The van der Waals surface area contributed by atoms with Gasteiger partial charge in [-0.2, -0.15) is 0 Å². The minimum atomic E-state index is -1.05. The Labute approximate surface area is 187 Å². The molecule has 0 spiro atoms. The summed E-state index contributed by atoms with van der Waals surface area (Å²) >= 11 is 0. The van der Waals surface area contributed by atoms with Gasteiger partial charge < -0.3 is 14.4 Å². The van der Waals surface area contributed by atoms with Crippen molar-refractivity contribution in [3.63, 3.8) is 0 Å². The lowest BCUT2D eigenvalue weighted by molar-refractivity contribution is -0.140. The molecule has 0 radical (unpaired) electrons. The van der Waals surface area contributed by atoms with E-state index >= 15 is 0 Å². The number of hydrogen-bond acceptors (Lipinski definition) is 6. The number of Topliss-reactive ketones (excluding diaryl/α,β-unsaturated/α-hetero) is 2. The normalized spacial score (nSPS) is 21.7. The number of hydrogen-bond donors (Lipinski definition) is 0. The SMILES string of the molecule is COc1ccc(C2C(C(=O)c3ccccc3)C(=O)C(=O)N2CCCN2CCOCC2)cc1. The lowest BCUT2D eigenvalue weighted by atomic mass is 9.86. The van der Waals surface area contributed by atoms with E-state index in [1.54, 1.807) is 48.4 Å². The van der Waals surface area contributed by atoms with Crippen LogP contribution in [-0.4, -0.2) is 73.8 Å². The minimum Gasteiger partial charge on any atom is -0.497 e. The van der Waals surface area contributed by atoms with Crippen LogP contribution in [0.15, 0.2) is 54.6 Å². The lowest BCUT2D eigenvalue weighted by Crippen LogP contribution is -2.39. The summed E-state index contributed by atoms with van der Waals surface area (Å²) in [5, 5.41) is 0. The van der Waals surface area contributed by atoms with Gasteiger partial charge in [0.25, 0.3) is 5.91 Å². The van der Waals surface area contributed by atoms with Gasteiger partial charge in [0.15, 0.2) is 5.78 Å². The van der Waals surface area contributed by atoms with Crippen LogP contribution in [0.4, 0.5) is 0 Å². The summed E-state index contributed by atoms with van der Waals surface area (Å²) in [5.74, 6) is -1.91. The van der Waals surface area contributed by atoms with Crippen molar-refractivity contribution >= 4 is 17.5 Å². The first-order valence-electron chi connectivity index (χ1n) is 11.0. The monoisotopic (exact) mass is 436 g/mol. The molecule has 32 heavy (non-hydrogen) atoms. The van der Waals surface area contributed by atoms with Crippen molar-refractivity contribution in [1.29, 1.82) is 0 Å². The van der Waals surface area contributed by atoms with Gasteiger partial charge in [0.05, 0.1) is 26.4 Å². The number of nitrogens with zero attached hydrogens (tertiary/aromatic N) is 2. The average Bonchev–Trinajstić information content (AvgIpc) is 3.10. The number of carbonyl (C=O) groups is 3. The van der Waals surface area contributed by atoms with E-state index < -0.39 is 23.7 Å². The first kappa shape index (κ1) is 22.2. The van der Waals surface area contributed by atoms with E-state index in [-0.39, 0.29) is 5.78 Å². The molecule has 4 rings (SSSR count). The van der Waals surface area contributed by atoms with E-state index in [2.05, 4.69) is 4.90 Å². The molecule has 7 nitrogen and oxygen atoms in total. The average molecular weight is 437 g/mol. The number of ether oxygens (including phenoxy) is 2. The molecule has 0 bridgehead atoms. The number of rotatable bonds is 8. The second kappa shape index (κ2) is 10.1. The fourth-order valence-electron chi connectivity index (χ4n) is 4.47. The Bertz CT molecular complexity index is 954. The Kier molecular flexibility index (Phi) is 6.97. The molecule has 2 heterocycles. The third kappa shape index (κ3) is 4.59. The number of ketones is 2. The van der Waals surface area contributed by atoms with Crippen LogP contribution < -0.4 is 4.74 Å². The van der Waals surface area contributed by atoms with E-state index in [0.717, 1.165) is 31.6 Å². The molecule has 2 saturated heterocycles. The van der Waals surface area contributed by atoms with Crippen molar-refractivity contribution in [1.82, 2.24) is 9.80 Å². The summed E-state index contributed by atoms with van der Waals surface area (Å²) in [5.41, 5.74) is 1.19. The van der Waals surface area contributed by atoms with Crippen molar-refractivity contribution < 1.29 is 23.9 Å². The molecular formula is C25H28N2O5. The van der Waals surface area contributed by atoms with Crippen LogP contribution in [0.5, 0.6) is 5.75 Å². The second-order valence-corrected chi connectivity index (χ2v) is 8.10. The standard InChI is InChI=1S/C25H28N2O5/c1-31-20-10-8-18(9-11-20)22-21(23(28)19-6-3-2-4-7-19)24(29)25(30)27(22)13-5-12-26-14-16-32-17-15-26/h2-4,6-11,21-22H,5,12-17H2,1H3. The zero-order valence-electron chi connectivity index (χ0n) is 18.2. The van der Waals surface area contributed by atoms with Crippen molar-refractivity contribution in [2.24, 2.45) is 5.92 Å². The van der Waals surface area contributed by atoms with E-state index in [4.69, 9.17) is 9.47 Å². The highest BCUT2D eigenvalue weighted by Crippen LogP contribution is 2.38. The predicted octanol–water partition coefficient (Wildman–Crippen LogP) is 2.37. The van der Waals surface area contributed by atoms with Crippen LogP contribution in [0.25, 0.3) is 0 Å². The Morgan fingerprint density at radius 2 is 1.69 bits per heavy atom. The third-order valence-electron chi connectivity index (χ3n) is 6.18. The van der Waals surface area contributed by atoms with E-state index in [0.29, 0.717) is 31.1 Å². The molecule has 0 N–H and O–H groups in total. The molecule has 1 amide bonds. The summed E-state index contributed by atoms with van der Waals surface area (Å²) in [7, 11) is 1.58. The van der Waals surface area contributed by atoms with E-state index in [1.165, 1.54) is 0 Å². The van der Waals surface area contributed by atoms with Gasteiger partial charge in [-0.1, -0.05) is 42.5 Å². The highest BCUT2D eigenvalue weighted by atomic mass is 16.5. The van der Waals surface area contributed by atoms with Crippen molar-refractivity contribution in [3.8, 4) is 5.75 Å². The number of methoxy groups -OCH3 is 1. The molecule has 0 saturated carbocycles. The van der Waals surface area contributed by atoms with Crippen LogP contribution in [0.1, 0.15) is 28.4 Å². The molecule has 168 valence electrons. The molecular weight excluding hydrogens is 408 g/mol. The van der Waals surface area contributed by atoms with Gasteiger partial charge in [0.1, 0.15) is 11.7 Å². The fourth-order valence-corrected chi connectivity index (χ4v) is 4.47. The molecule has 2 atom stereocenters. The largest absolute Gasteiger partial charge is 0.497 e. The number of amides is 1. The van der Waals surface area contributed by atoms with Gasteiger partial charge in [0.2, 0.25) is 5.78 Å². The summed E-state index contributed by atoms with van der Waals surface area (Å²) in [6.45, 7) is 4.38. The van der Waals surface area contributed by atoms with Gasteiger partial charge in [-0.15, -0.1) is 0 Å². The fraction of sp³-hybridized carbons (Fsp3) is 0.400. The zero-order chi connectivity index (χ0) is 22.5. The van der Waals surface area contributed by atoms with Gasteiger partial charge in [-0.25, -0.2) is 0 Å². The summed E-state index contributed by atoms with van der Waals surface area (Å²) in [6.07, 6.45) is 0.720. The molecule has 2 unspecified atom stereocenters. The summed E-state index contributed by atoms with van der Waals surface area (Å²) in [4.78, 5) is 43.2. The topological polar surface area (TPSA) is 76.2 Å². The maximum Gasteiger partial charge on any atom is 0.291 e. The van der Waals surface area contributed by atoms with Crippen LogP contribution in [-0.2, 0) is 14.3 Å². The quantitative estimate of drug-likeness (QED) is 0.359. The Balaban J connectivity index is 1.60. The van der Waals surface area contributed by atoms with E-state index in [1.807, 2.05) is 18.2 Å². The third-order valence-corrected chi connectivity index (χ3v) is 6.18. The molecule has 0 aliphatic carbocycles. The van der Waals surface area contributed by atoms with Crippen LogP contribution in [0.3, 0.4) is 0 Å². The number of morpholine rings is 1. The molecule has 2 fully saturated rings. The van der Waals surface area contributed by atoms with Crippen molar-refractivity contribution in [3.05, 3.63) is 65.7 Å². The Hall–Kier alpha value is -3.03. The smallest absolute Gasteiger partial charge is 0.291 e. The second-order valence-electron chi connectivity index (χ2n) is 8.10. The molecule has 7 heteroatoms. The summed E-state index contributed by atoms with van der Waals surface area (Å²) < 4.78 is 10.6. The maximum atomic E-state index is 13.3. The number of carbonyl (C=O) groups excluding carboxylic acids is 3. The predicted molar refractivity (Wildman–Crippen MR) is 119 cm³/mol. The first-order valence-corrected chi connectivity index (χ1v) is 11.0. The van der Waals surface area contributed by atoms with Crippen LogP contribution in [0.2, 0.25) is 0 Å². The highest BCUT2D eigenvalue weighted by molar-refractivity contribution is 6.44. The number of benzene rings is 2. The van der Waals surface area contributed by atoms with Gasteiger partial charge in [-0.3, -0.25) is 19.3 Å². The number of likely N-dealkylation sites (tertiary alicyclic amines) is 1. The van der Waals surface area contributed by atoms with Crippen LogP contribution >= 0.6 is 0 Å². The van der Waals surface area contributed by atoms with Gasteiger partial charge >= 0.3 is 0 Å². The van der Waals surface area contributed by atoms with E-state index in [9.17, 15) is 14.4 Å². The maximum absolute atomic E-state index is 13.3. The molecule has 2 aromatic carbocycles. The molecule has 0 aromatic heterocycles. The van der Waals surface area contributed by atoms with Gasteiger partial charge in [-0.05, 0) is 24.1 Å². The molecule has 2 aliphatic heterocycles. The van der Waals surface area contributed by atoms with Gasteiger partial charge in [0, 0.05) is 31.7 Å². The van der Waals surface area contributed by atoms with Crippen molar-refractivity contribution in [2.75, 3.05) is 46.5 Å². The van der Waals surface area contributed by atoms with Crippen molar-refractivity contribution in [2.45, 2.75) is 12.5 Å². The highest BCUT2D eigenvalue weighted by Gasteiger charge is 2.51. The molecule has 2 aromatic rings. The first-order chi connectivity index (χ1) is 15.6. The summed E-state index contributed by atoms with van der Waals surface area (Å²) in [6, 6.07) is 15.3.